The maximum atomic E-state index is 12.2. The Morgan fingerprint density at radius 1 is 1.33 bits per heavy atom. The molecule has 0 radical (unpaired) electrons. The number of sulfonamides is 1. The van der Waals surface area contributed by atoms with E-state index >= 15 is 0 Å². The molecule has 0 bridgehead atoms. The van der Waals surface area contributed by atoms with Crippen LogP contribution in [0.15, 0.2) is 35.2 Å². The monoisotopic (exact) mass is 345 g/mol. The third-order valence-electron chi connectivity index (χ3n) is 2.82. The summed E-state index contributed by atoms with van der Waals surface area (Å²) in [5.41, 5.74) is 0.475. The van der Waals surface area contributed by atoms with Gasteiger partial charge in [-0.2, -0.15) is 0 Å². The zero-order valence-electron chi connectivity index (χ0n) is 11.0. The highest BCUT2D eigenvalue weighted by Crippen LogP contribution is 2.22. The van der Waals surface area contributed by atoms with Crippen molar-refractivity contribution in [3.8, 4) is 0 Å². The van der Waals surface area contributed by atoms with Crippen molar-refractivity contribution in [2.24, 2.45) is 0 Å². The number of nitrogens with one attached hydrogen (secondary N) is 1. The van der Waals surface area contributed by atoms with Gasteiger partial charge in [-0.1, -0.05) is 17.7 Å². The number of thiophene rings is 1. The van der Waals surface area contributed by atoms with Gasteiger partial charge < -0.3 is 5.11 Å². The van der Waals surface area contributed by atoms with Gasteiger partial charge in [-0.25, -0.2) is 17.9 Å². The molecule has 2 aromatic rings. The lowest BCUT2D eigenvalue weighted by molar-refractivity contribution is 0.0696. The lowest BCUT2D eigenvalue weighted by Gasteiger charge is -2.08. The van der Waals surface area contributed by atoms with Crippen LogP contribution in [0.3, 0.4) is 0 Å². The van der Waals surface area contributed by atoms with Crippen molar-refractivity contribution < 1.29 is 18.3 Å². The van der Waals surface area contributed by atoms with Crippen molar-refractivity contribution >= 4 is 38.9 Å². The van der Waals surface area contributed by atoms with Gasteiger partial charge in [-0.15, -0.1) is 11.3 Å². The standard InChI is InChI=1S/C13H12ClNO4S2/c1-8-2-4-10(6-11(8)13(16)17)21(18,19)15-7-9-3-5-12(14)20-9/h2-6,15H,7H2,1H3,(H,16,17). The third-order valence-corrected chi connectivity index (χ3v) is 5.45. The lowest BCUT2D eigenvalue weighted by atomic mass is 10.1. The molecular weight excluding hydrogens is 334 g/mol. The van der Waals surface area contributed by atoms with Crippen molar-refractivity contribution in [3.05, 3.63) is 50.7 Å². The summed E-state index contributed by atoms with van der Waals surface area (Å²) in [7, 11) is -3.77. The SMILES string of the molecule is Cc1ccc(S(=O)(=O)NCc2ccc(Cl)s2)cc1C(=O)O. The molecule has 0 spiro atoms. The molecule has 1 heterocycles. The number of hydrogen-bond donors (Lipinski definition) is 2. The summed E-state index contributed by atoms with van der Waals surface area (Å²) in [5, 5.41) is 9.04. The molecule has 1 aromatic heterocycles. The minimum Gasteiger partial charge on any atom is -0.478 e. The normalized spacial score (nSPS) is 11.5. The highest BCUT2D eigenvalue weighted by atomic mass is 35.5. The Morgan fingerprint density at radius 3 is 2.62 bits per heavy atom. The predicted octanol–water partition coefficient (Wildman–Crippen LogP) is 2.89. The Balaban J connectivity index is 2.23. The number of rotatable bonds is 5. The Kier molecular flexibility index (Phi) is 4.67. The number of benzene rings is 1. The molecule has 0 aliphatic rings. The van der Waals surface area contributed by atoms with Gasteiger partial charge in [0.25, 0.3) is 0 Å². The number of hydrogen-bond acceptors (Lipinski definition) is 4. The van der Waals surface area contributed by atoms with Crippen LogP contribution in [-0.2, 0) is 16.6 Å². The minimum absolute atomic E-state index is 0.0305. The van der Waals surface area contributed by atoms with E-state index < -0.39 is 16.0 Å². The molecule has 1 aromatic carbocycles. The molecule has 8 heteroatoms. The fraction of sp³-hybridized carbons (Fsp3) is 0.154. The predicted molar refractivity (Wildman–Crippen MR) is 81.5 cm³/mol. The Bertz CT molecular complexity index is 783. The molecule has 0 aliphatic carbocycles. The first-order valence-corrected chi connectivity index (χ1v) is 8.55. The van der Waals surface area contributed by atoms with Gasteiger partial charge in [0.2, 0.25) is 10.0 Å². The second-order valence-electron chi connectivity index (χ2n) is 4.31. The van der Waals surface area contributed by atoms with Crippen LogP contribution in [0.1, 0.15) is 20.8 Å². The number of carboxylic acid groups (broad SMARTS) is 1. The fourth-order valence-electron chi connectivity index (χ4n) is 1.69. The third kappa shape index (κ3) is 3.82. The topological polar surface area (TPSA) is 83.5 Å². The molecule has 0 saturated heterocycles. The van der Waals surface area contributed by atoms with E-state index in [1.165, 1.54) is 23.5 Å². The minimum atomic E-state index is -3.77. The van der Waals surface area contributed by atoms with E-state index in [-0.39, 0.29) is 17.0 Å². The molecule has 2 N–H and O–H groups in total. The molecule has 2 rings (SSSR count). The van der Waals surface area contributed by atoms with Gasteiger partial charge in [0.1, 0.15) is 0 Å². The summed E-state index contributed by atoms with van der Waals surface area (Å²) in [6.07, 6.45) is 0. The highest BCUT2D eigenvalue weighted by molar-refractivity contribution is 7.89. The lowest BCUT2D eigenvalue weighted by Crippen LogP contribution is -2.23. The molecule has 0 aliphatic heterocycles. The molecule has 0 unspecified atom stereocenters. The van der Waals surface area contributed by atoms with E-state index in [2.05, 4.69) is 4.72 Å². The number of aromatic carboxylic acids is 1. The number of halogens is 1. The van der Waals surface area contributed by atoms with Crippen molar-refractivity contribution in [3.63, 3.8) is 0 Å². The van der Waals surface area contributed by atoms with Crippen LogP contribution < -0.4 is 4.72 Å². The number of carbonyl (C=O) groups is 1. The second-order valence-corrected chi connectivity index (χ2v) is 7.88. The molecule has 0 amide bonds. The van der Waals surface area contributed by atoms with E-state index in [9.17, 15) is 13.2 Å². The van der Waals surface area contributed by atoms with Crippen LogP contribution in [0.5, 0.6) is 0 Å². The second kappa shape index (κ2) is 6.15. The molecule has 21 heavy (non-hydrogen) atoms. The van der Waals surface area contributed by atoms with Crippen molar-refractivity contribution in [2.75, 3.05) is 0 Å². The number of carboxylic acids is 1. The van der Waals surface area contributed by atoms with Gasteiger partial charge in [-0.3, -0.25) is 0 Å². The number of aryl methyl sites for hydroxylation is 1. The zero-order valence-corrected chi connectivity index (χ0v) is 13.3. The summed E-state index contributed by atoms with van der Waals surface area (Å²) in [5.74, 6) is -1.16. The van der Waals surface area contributed by atoms with Gasteiger partial charge in [0, 0.05) is 11.4 Å². The Hall–Kier alpha value is -1.41. The summed E-state index contributed by atoms with van der Waals surface area (Å²) in [6.45, 7) is 1.72. The highest BCUT2D eigenvalue weighted by Gasteiger charge is 2.17. The van der Waals surface area contributed by atoms with E-state index in [1.54, 1.807) is 19.1 Å². The maximum absolute atomic E-state index is 12.2. The maximum Gasteiger partial charge on any atom is 0.335 e. The molecule has 0 atom stereocenters. The van der Waals surface area contributed by atoms with Crippen LogP contribution in [0.2, 0.25) is 4.34 Å². The van der Waals surface area contributed by atoms with Crippen molar-refractivity contribution in [2.45, 2.75) is 18.4 Å². The summed E-state index contributed by atoms with van der Waals surface area (Å²) in [6, 6.07) is 7.42. The first kappa shape index (κ1) is 16.0. The largest absolute Gasteiger partial charge is 0.478 e. The first-order chi connectivity index (χ1) is 9.79. The van der Waals surface area contributed by atoms with E-state index in [4.69, 9.17) is 16.7 Å². The zero-order chi connectivity index (χ0) is 15.6. The van der Waals surface area contributed by atoms with Gasteiger partial charge in [0.15, 0.2) is 0 Å². The van der Waals surface area contributed by atoms with E-state index in [0.29, 0.717) is 9.90 Å². The summed E-state index contributed by atoms with van der Waals surface area (Å²) < 4.78 is 27.3. The van der Waals surface area contributed by atoms with Crippen LogP contribution in [0.25, 0.3) is 0 Å². The molecule has 112 valence electrons. The average Bonchev–Trinajstić information content (AvgIpc) is 2.82. The van der Waals surface area contributed by atoms with E-state index in [1.807, 2.05) is 0 Å². The van der Waals surface area contributed by atoms with Crippen LogP contribution >= 0.6 is 22.9 Å². The van der Waals surface area contributed by atoms with Gasteiger partial charge in [0.05, 0.1) is 14.8 Å². The Morgan fingerprint density at radius 2 is 2.05 bits per heavy atom. The van der Waals surface area contributed by atoms with Gasteiger partial charge >= 0.3 is 5.97 Å². The molecule has 0 saturated carbocycles. The van der Waals surface area contributed by atoms with Crippen molar-refractivity contribution in [1.29, 1.82) is 0 Å². The van der Waals surface area contributed by atoms with Gasteiger partial charge in [-0.05, 0) is 36.8 Å². The Labute approximate surface area is 131 Å². The molecule has 5 nitrogen and oxygen atoms in total. The summed E-state index contributed by atoms with van der Waals surface area (Å²) in [4.78, 5) is 11.8. The smallest absolute Gasteiger partial charge is 0.335 e. The van der Waals surface area contributed by atoms with Crippen LogP contribution in [-0.4, -0.2) is 19.5 Å². The van der Waals surface area contributed by atoms with Crippen molar-refractivity contribution in [1.82, 2.24) is 4.72 Å². The molecular formula is C13H12ClNO4S2. The summed E-state index contributed by atoms with van der Waals surface area (Å²) >= 11 is 7.05. The quantitative estimate of drug-likeness (QED) is 0.872. The first-order valence-electron chi connectivity index (χ1n) is 5.87. The van der Waals surface area contributed by atoms with Crippen LogP contribution in [0.4, 0.5) is 0 Å². The average molecular weight is 346 g/mol. The van der Waals surface area contributed by atoms with Crippen LogP contribution in [0, 0.1) is 6.92 Å². The fourth-order valence-corrected chi connectivity index (χ4v) is 3.85. The van der Waals surface area contributed by atoms with E-state index in [0.717, 1.165) is 10.9 Å². The molecule has 0 fully saturated rings.